The summed E-state index contributed by atoms with van der Waals surface area (Å²) in [6.45, 7) is 5.85. The molecule has 1 aromatic heterocycles. The molecular weight excluding hydrogens is 244 g/mol. The van der Waals surface area contributed by atoms with E-state index in [9.17, 15) is 0 Å². The lowest BCUT2D eigenvalue weighted by Gasteiger charge is -2.24. The average molecular weight is 266 g/mol. The lowest BCUT2D eigenvalue weighted by molar-refractivity contribution is 0.416. The number of hydrogen-bond donors (Lipinski definition) is 1. The molecule has 4 nitrogen and oxygen atoms in total. The summed E-state index contributed by atoms with van der Waals surface area (Å²) in [4.78, 5) is 9.23. The maximum absolute atomic E-state index is 5.81. The van der Waals surface area contributed by atoms with Crippen LogP contribution in [0.2, 0.25) is 0 Å². The summed E-state index contributed by atoms with van der Waals surface area (Å²) in [5.74, 6) is 0.877. The number of pyridine rings is 1. The molecule has 0 saturated heterocycles. The number of aryl methyl sites for hydroxylation is 2. The molecule has 0 saturated carbocycles. The van der Waals surface area contributed by atoms with Crippen molar-refractivity contribution >= 4 is 23.0 Å². The molecule has 0 atom stereocenters. The van der Waals surface area contributed by atoms with E-state index in [1.54, 1.807) is 0 Å². The van der Waals surface area contributed by atoms with Gasteiger partial charge in [-0.1, -0.05) is 12.2 Å². The Kier molecular flexibility index (Phi) is 5.04. The van der Waals surface area contributed by atoms with E-state index in [1.165, 1.54) is 0 Å². The van der Waals surface area contributed by atoms with Crippen LogP contribution in [0.5, 0.6) is 0 Å². The molecule has 0 aliphatic heterocycles. The van der Waals surface area contributed by atoms with Crippen LogP contribution in [0.4, 0.5) is 5.82 Å². The largest absolute Gasteiger partial charge is 0.389 e. The first-order chi connectivity index (χ1) is 8.32. The average Bonchev–Trinajstić information content (AvgIpc) is 2.23. The van der Waals surface area contributed by atoms with Gasteiger partial charge < -0.3 is 15.5 Å². The standard InChI is InChI=1S/C13H22N4S/c1-9-8-10(2)15-13(11(9)12(14)18)17(5)7-6-16(3)4/h8H,6-7H2,1-5H3,(H2,14,18). The smallest absolute Gasteiger partial charge is 0.139 e. The molecule has 0 fully saturated rings. The van der Waals surface area contributed by atoms with E-state index < -0.39 is 0 Å². The summed E-state index contributed by atoms with van der Waals surface area (Å²) in [5.41, 5.74) is 8.77. The number of hydrogen-bond acceptors (Lipinski definition) is 4. The van der Waals surface area contributed by atoms with E-state index in [4.69, 9.17) is 18.0 Å². The second-order valence-corrected chi connectivity index (χ2v) is 5.31. The predicted octanol–water partition coefficient (Wildman–Crippen LogP) is 1.33. The molecule has 0 spiro atoms. The number of thiocarbonyl (C=S) groups is 1. The van der Waals surface area contributed by atoms with Crippen molar-refractivity contribution in [2.45, 2.75) is 13.8 Å². The van der Waals surface area contributed by atoms with Crippen LogP contribution in [-0.4, -0.2) is 49.1 Å². The minimum atomic E-state index is 0.409. The van der Waals surface area contributed by atoms with E-state index in [-0.39, 0.29) is 0 Å². The number of aromatic nitrogens is 1. The van der Waals surface area contributed by atoms with E-state index in [1.807, 2.05) is 27.0 Å². The Balaban J connectivity index is 3.09. The fraction of sp³-hybridized carbons (Fsp3) is 0.538. The van der Waals surface area contributed by atoms with Gasteiger partial charge in [0, 0.05) is 25.8 Å². The number of nitrogens with zero attached hydrogens (tertiary/aromatic N) is 3. The molecular formula is C13H22N4S. The maximum atomic E-state index is 5.81. The summed E-state index contributed by atoms with van der Waals surface area (Å²) in [6.07, 6.45) is 0. The molecule has 0 bridgehead atoms. The first-order valence-corrected chi connectivity index (χ1v) is 6.37. The van der Waals surface area contributed by atoms with Crippen LogP contribution in [-0.2, 0) is 0 Å². The highest BCUT2D eigenvalue weighted by atomic mass is 32.1. The normalized spacial score (nSPS) is 10.8. The third-order valence-corrected chi connectivity index (χ3v) is 3.02. The minimum Gasteiger partial charge on any atom is -0.389 e. The highest BCUT2D eigenvalue weighted by molar-refractivity contribution is 7.80. The van der Waals surface area contributed by atoms with E-state index in [2.05, 4.69) is 28.9 Å². The molecule has 0 amide bonds. The summed E-state index contributed by atoms with van der Waals surface area (Å²) >= 11 is 5.14. The summed E-state index contributed by atoms with van der Waals surface area (Å²) in [7, 11) is 6.13. The van der Waals surface area contributed by atoms with Crippen molar-refractivity contribution < 1.29 is 0 Å². The van der Waals surface area contributed by atoms with Gasteiger partial charge >= 0.3 is 0 Å². The third-order valence-electron chi connectivity index (χ3n) is 2.82. The fourth-order valence-corrected chi connectivity index (χ4v) is 2.11. The molecule has 2 N–H and O–H groups in total. The van der Waals surface area contributed by atoms with Crippen LogP contribution in [0.1, 0.15) is 16.8 Å². The zero-order valence-electron chi connectivity index (χ0n) is 11.8. The highest BCUT2D eigenvalue weighted by Gasteiger charge is 2.15. The molecule has 0 radical (unpaired) electrons. The maximum Gasteiger partial charge on any atom is 0.139 e. The summed E-state index contributed by atoms with van der Waals surface area (Å²) in [6, 6.07) is 2.01. The Bertz CT molecular complexity index is 443. The van der Waals surface area contributed by atoms with Gasteiger partial charge in [0.15, 0.2) is 0 Å². The van der Waals surface area contributed by atoms with Gasteiger partial charge in [-0.15, -0.1) is 0 Å². The molecule has 5 heteroatoms. The summed E-state index contributed by atoms with van der Waals surface area (Å²) < 4.78 is 0. The van der Waals surface area contributed by atoms with Crippen molar-refractivity contribution in [2.75, 3.05) is 39.1 Å². The van der Waals surface area contributed by atoms with Crippen LogP contribution < -0.4 is 10.6 Å². The Hall–Kier alpha value is -1.20. The molecule has 0 unspecified atom stereocenters. The summed E-state index contributed by atoms with van der Waals surface area (Å²) in [5, 5.41) is 0. The topological polar surface area (TPSA) is 45.4 Å². The van der Waals surface area contributed by atoms with E-state index >= 15 is 0 Å². The van der Waals surface area contributed by atoms with Crippen molar-refractivity contribution in [2.24, 2.45) is 5.73 Å². The zero-order valence-corrected chi connectivity index (χ0v) is 12.6. The van der Waals surface area contributed by atoms with Crippen molar-refractivity contribution in [3.8, 4) is 0 Å². The lowest BCUT2D eigenvalue weighted by Crippen LogP contribution is -2.31. The van der Waals surface area contributed by atoms with Gasteiger partial charge in [-0.25, -0.2) is 4.98 Å². The van der Waals surface area contributed by atoms with Gasteiger partial charge in [0.1, 0.15) is 10.8 Å². The Morgan fingerprint density at radius 3 is 2.39 bits per heavy atom. The van der Waals surface area contributed by atoms with Crippen molar-refractivity contribution in [1.82, 2.24) is 9.88 Å². The fourth-order valence-electron chi connectivity index (χ4n) is 1.85. The quantitative estimate of drug-likeness (QED) is 0.815. The molecule has 100 valence electrons. The lowest BCUT2D eigenvalue weighted by atomic mass is 10.1. The van der Waals surface area contributed by atoms with Crippen LogP contribution in [0.15, 0.2) is 6.07 Å². The van der Waals surface area contributed by atoms with E-state index in [0.717, 1.165) is 35.7 Å². The van der Waals surface area contributed by atoms with Gasteiger partial charge in [0.2, 0.25) is 0 Å². The molecule has 18 heavy (non-hydrogen) atoms. The molecule has 0 aliphatic carbocycles. The Morgan fingerprint density at radius 1 is 1.28 bits per heavy atom. The SMILES string of the molecule is Cc1cc(C)c(C(N)=S)c(N(C)CCN(C)C)n1. The molecule has 0 aliphatic rings. The van der Waals surface area contributed by atoms with Crippen LogP contribution in [0.3, 0.4) is 0 Å². The van der Waals surface area contributed by atoms with Gasteiger partial charge in [0.05, 0.1) is 5.56 Å². The molecule has 1 aromatic rings. The molecule has 1 heterocycles. The third kappa shape index (κ3) is 3.65. The number of anilines is 1. The van der Waals surface area contributed by atoms with Crippen LogP contribution in [0, 0.1) is 13.8 Å². The predicted molar refractivity (Wildman–Crippen MR) is 81.4 cm³/mol. The number of likely N-dealkylation sites (N-methyl/N-ethyl adjacent to an activating group) is 2. The molecule has 0 aromatic carbocycles. The second-order valence-electron chi connectivity index (χ2n) is 4.87. The Labute approximate surface area is 115 Å². The van der Waals surface area contributed by atoms with Crippen LogP contribution in [0.25, 0.3) is 0 Å². The van der Waals surface area contributed by atoms with Gasteiger partial charge in [0.25, 0.3) is 0 Å². The van der Waals surface area contributed by atoms with Crippen molar-refractivity contribution in [1.29, 1.82) is 0 Å². The van der Waals surface area contributed by atoms with Crippen LogP contribution >= 0.6 is 12.2 Å². The van der Waals surface area contributed by atoms with E-state index in [0.29, 0.717) is 4.99 Å². The first-order valence-electron chi connectivity index (χ1n) is 5.97. The van der Waals surface area contributed by atoms with Gasteiger partial charge in [-0.3, -0.25) is 0 Å². The second kappa shape index (κ2) is 6.11. The van der Waals surface area contributed by atoms with Crippen molar-refractivity contribution in [3.63, 3.8) is 0 Å². The van der Waals surface area contributed by atoms with Crippen molar-refractivity contribution in [3.05, 3.63) is 22.9 Å². The van der Waals surface area contributed by atoms with Gasteiger partial charge in [-0.2, -0.15) is 0 Å². The Morgan fingerprint density at radius 2 is 1.89 bits per heavy atom. The number of rotatable bonds is 5. The highest BCUT2D eigenvalue weighted by Crippen LogP contribution is 2.21. The monoisotopic (exact) mass is 266 g/mol. The number of nitrogens with two attached hydrogens (primary N) is 1. The molecule has 1 rings (SSSR count). The van der Waals surface area contributed by atoms with Gasteiger partial charge in [-0.05, 0) is 39.6 Å². The zero-order chi connectivity index (χ0) is 13.9. The first kappa shape index (κ1) is 14.9. The minimum absolute atomic E-state index is 0.409.